The van der Waals surface area contributed by atoms with Crippen molar-refractivity contribution >= 4 is 17.7 Å². The number of hydrogen-bond donors (Lipinski definition) is 1. The quantitative estimate of drug-likeness (QED) is 0.721. The van der Waals surface area contributed by atoms with Gasteiger partial charge in [-0.3, -0.25) is 4.79 Å². The molecule has 1 N–H and O–H groups in total. The number of aromatic nitrogens is 4. The van der Waals surface area contributed by atoms with Gasteiger partial charge in [0.15, 0.2) is 5.82 Å². The highest BCUT2D eigenvalue weighted by atomic mass is 32.2. The zero-order valence-corrected chi connectivity index (χ0v) is 13.6. The summed E-state index contributed by atoms with van der Waals surface area (Å²) in [6.45, 7) is 0.130. The predicted octanol–water partition coefficient (Wildman–Crippen LogP) is 2.45. The van der Waals surface area contributed by atoms with Gasteiger partial charge in [-0.25, -0.2) is 4.39 Å². The molecule has 2 aromatic carbocycles. The van der Waals surface area contributed by atoms with Gasteiger partial charge in [-0.15, -0.1) is 16.9 Å². The van der Waals surface area contributed by atoms with Crippen molar-refractivity contribution in [2.75, 3.05) is 6.26 Å². The summed E-state index contributed by atoms with van der Waals surface area (Å²) in [7, 11) is 0. The molecule has 3 aromatic rings. The number of hydrogen-bond acceptors (Lipinski definition) is 5. The molecule has 0 aliphatic heterocycles. The molecule has 122 valence electrons. The van der Waals surface area contributed by atoms with E-state index in [1.54, 1.807) is 18.2 Å². The number of nitrogens with one attached hydrogen (secondary N) is 1. The van der Waals surface area contributed by atoms with Crippen molar-refractivity contribution in [2.24, 2.45) is 0 Å². The highest BCUT2D eigenvalue weighted by Gasteiger charge is 2.13. The van der Waals surface area contributed by atoms with Crippen LogP contribution < -0.4 is 5.32 Å². The van der Waals surface area contributed by atoms with Crippen molar-refractivity contribution in [3.05, 3.63) is 65.7 Å². The summed E-state index contributed by atoms with van der Waals surface area (Å²) in [6, 6.07) is 13.3. The number of carbonyl (C=O) groups is 1. The van der Waals surface area contributed by atoms with E-state index in [-0.39, 0.29) is 18.3 Å². The third-order valence-electron chi connectivity index (χ3n) is 3.35. The Labute approximate surface area is 142 Å². The van der Waals surface area contributed by atoms with Gasteiger partial charge < -0.3 is 5.32 Å². The zero-order valence-electron chi connectivity index (χ0n) is 12.8. The number of carbonyl (C=O) groups excluding carboxylic acids is 1. The summed E-state index contributed by atoms with van der Waals surface area (Å²) in [5.74, 6) is -0.184. The number of rotatable bonds is 5. The van der Waals surface area contributed by atoms with Crippen molar-refractivity contribution < 1.29 is 9.18 Å². The van der Waals surface area contributed by atoms with Crippen LogP contribution in [-0.4, -0.2) is 32.4 Å². The molecule has 24 heavy (non-hydrogen) atoms. The molecular weight excluding hydrogens is 329 g/mol. The van der Waals surface area contributed by atoms with Gasteiger partial charge in [-0.1, -0.05) is 18.2 Å². The van der Waals surface area contributed by atoms with Crippen LogP contribution >= 0.6 is 11.8 Å². The molecule has 0 aliphatic rings. The lowest BCUT2D eigenvalue weighted by Crippen LogP contribution is -2.25. The Morgan fingerprint density at radius 2 is 2.08 bits per heavy atom. The number of halogens is 1. The Balaban J connectivity index is 1.76. The maximum Gasteiger partial charge on any atom is 0.252 e. The van der Waals surface area contributed by atoms with Crippen LogP contribution in [0.1, 0.15) is 16.2 Å². The number of thioether (sulfide) groups is 1. The normalized spacial score (nSPS) is 10.6. The topological polar surface area (TPSA) is 72.7 Å². The van der Waals surface area contributed by atoms with Crippen molar-refractivity contribution in [1.82, 2.24) is 25.5 Å². The van der Waals surface area contributed by atoms with Gasteiger partial charge >= 0.3 is 0 Å². The van der Waals surface area contributed by atoms with E-state index in [9.17, 15) is 9.18 Å². The lowest BCUT2D eigenvalue weighted by atomic mass is 10.2. The number of tetrazole rings is 1. The summed E-state index contributed by atoms with van der Waals surface area (Å²) in [4.78, 5) is 13.2. The Bertz CT molecular complexity index is 867. The summed E-state index contributed by atoms with van der Waals surface area (Å²) in [6.07, 6.45) is 1.91. The molecule has 0 atom stereocenters. The Morgan fingerprint density at radius 1 is 1.25 bits per heavy atom. The fourth-order valence-electron chi connectivity index (χ4n) is 2.21. The van der Waals surface area contributed by atoms with Crippen LogP contribution in [-0.2, 0) is 6.54 Å². The average Bonchev–Trinajstić information content (AvgIpc) is 3.08. The van der Waals surface area contributed by atoms with Gasteiger partial charge in [0.25, 0.3) is 5.91 Å². The van der Waals surface area contributed by atoms with Crippen LogP contribution in [0.4, 0.5) is 4.39 Å². The van der Waals surface area contributed by atoms with Crippen LogP contribution in [0.25, 0.3) is 5.69 Å². The van der Waals surface area contributed by atoms with Crippen molar-refractivity contribution in [3.63, 3.8) is 0 Å². The molecule has 0 saturated carbocycles. The summed E-state index contributed by atoms with van der Waals surface area (Å²) in [5.41, 5.74) is 1.09. The minimum absolute atomic E-state index is 0.130. The van der Waals surface area contributed by atoms with Crippen molar-refractivity contribution in [1.29, 1.82) is 0 Å². The highest BCUT2D eigenvalue weighted by Crippen LogP contribution is 2.19. The first-order valence-electron chi connectivity index (χ1n) is 7.13. The molecule has 1 amide bonds. The molecule has 0 aliphatic carbocycles. The largest absolute Gasteiger partial charge is 0.345 e. The number of nitrogens with zero attached hydrogens (tertiary/aromatic N) is 4. The summed E-state index contributed by atoms with van der Waals surface area (Å²) >= 11 is 1.50. The van der Waals surface area contributed by atoms with Crippen LogP contribution in [0.15, 0.2) is 53.4 Å². The van der Waals surface area contributed by atoms with Gasteiger partial charge in [-0.2, -0.15) is 4.68 Å². The SMILES string of the molecule is CSc1ccccc1C(=O)NCc1nnnn1-c1cccc(F)c1. The molecule has 8 heteroatoms. The molecule has 0 unspecified atom stereocenters. The van der Waals surface area contributed by atoms with Crippen LogP contribution in [0.2, 0.25) is 0 Å². The van der Waals surface area contributed by atoms with Crippen molar-refractivity contribution in [2.45, 2.75) is 11.4 Å². The molecule has 0 fully saturated rings. The number of amides is 1. The molecule has 3 rings (SSSR count). The highest BCUT2D eigenvalue weighted by molar-refractivity contribution is 7.98. The minimum atomic E-state index is -0.383. The van der Waals surface area contributed by atoms with E-state index < -0.39 is 0 Å². The molecule has 0 spiro atoms. The maximum atomic E-state index is 13.4. The lowest BCUT2D eigenvalue weighted by Gasteiger charge is -2.09. The van der Waals surface area contributed by atoms with Gasteiger partial charge in [0.2, 0.25) is 0 Å². The smallest absolute Gasteiger partial charge is 0.252 e. The summed E-state index contributed by atoms with van der Waals surface area (Å²) < 4.78 is 14.7. The standard InChI is InChI=1S/C16H14FN5OS/c1-24-14-8-3-2-7-13(14)16(23)18-10-15-19-20-21-22(15)12-6-4-5-11(17)9-12/h2-9H,10H2,1H3,(H,18,23). The third-order valence-corrected chi connectivity index (χ3v) is 4.14. The molecule has 0 radical (unpaired) electrons. The van der Waals surface area contributed by atoms with Crippen LogP contribution in [0.5, 0.6) is 0 Å². The molecule has 0 saturated heterocycles. The van der Waals surface area contributed by atoms with E-state index in [2.05, 4.69) is 20.8 Å². The van der Waals surface area contributed by atoms with Gasteiger partial charge in [0, 0.05) is 4.90 Å². The van der Waals surface area contributed by atoms with Crippen LogP contribution in [0.3, 0.4) is 0 Å². The Morgan fingerprint density at radius 3 is 2.88 bits per heavy atom. The molecule has 1 heterocycles. The van der Waals surface area contributed by atoms with E-state index in [1.165, 1.54) is 28.6 Å². The van der Waals surface area contributed by atoms with E-state index >= 15 is 0 Å². The second-order valence-corrected chi connectivity index (χ2v) is 5.72. The Kier molecular flexibility index (Phi) is 4.85. The second kappa shape index (κ2) is 7.22. The first kappa shape index (κ1) is 16.1. The average molecular weight is 343 g/mol. The summed E-state index contributed by atoms with van der Waals surface area (Å²) in [5, 5.41) is 14.1. The fourth-order valence-corrected chi connectivity index (χ4v) is 2.81. The molecule has 6 nitrogen and oxygen atoms in total. The van der Waals surface area contributed by atoms with E-state index in [1.807, 2.05) is 24.5 Å². The lowest BCUT2D eigenvalue weighted by molar-refractivity contribution is 0.0946. The fraction of sp³-hybridized carbons (Fsp3) is 0.125. The van der Waals surface area contributed by atoms with Gasteiger partial charge in [0.05, 0.1) is 17.8 Å². The predicted molar refractivity (Wildman–Crippen MR) is 88.5 cm³/mol. The maximum absolute atomic E-state index is 13.4. The van der Waals surface area contributed by atoms with Crippen molar-refractivity contribution in [3.8, 4) is 5.69 Å². The van der Waals surface area contributed by atoms with Crippen LogP contribution in [0, 0.1) is 5.82 Å². The van der Waals surface area contributed by atoms with Gasteiger partial charge in [0.1, 0.15) is 5.82 Å². The minimum Gasteiger partial charge on any atom is -0.345 e. The first-order valence-corrected chi connectivity index (χ1v) is 8.36. The third kappa shape index (κ3) is 3.43. The monoisotopic (exact) mass is 343 g/mol. The van der Waals surface area contributed by atoms with E-state index in [0.717, 1.165) is 4.90 Å². The van der Waals surface area contributed by atoms with Gasteiger partial charge in [-0.05, 0) is 47.0 Å². The molecule has 1 aromatic heterocycles. The second-order valence-electron chi connectivity index (χ2n) is 4.87. The first-order chi connectivity index (χ1) is 11.7. The molecular formula is C16H14FN5OS. The zero-order chi connectivity index (χ0) is 16.9. The van der Waals surface area contributed by atoms with E-state index in [4.69, 9.17) is 0 Å². The molecule has 0 bridgehead atoms. The Hall–Kier alpha value is -2.74. The number of benzene rings is 2. The van der Waals surface area contributed by atoms with E-state index in [0.29, 0.717) is 17.1 Å².